The molecule has 76 valence electrons. The Hall–Kier alpha value is -0.830. The molecule has 1 aromatic rings. The quantitative estimate of drug-likeness (QED) is 0.707. The predicted octanol–water partition coefficient (Wildman–Crippen LogP) is 2.77. The summed E-state index contributed by atoms with van der Waals surface area (Å²) in [4.78, 5) is 10.9. The van der Waals surface area contributed by atoms with Crippen LogP contribution in [0.5, 0.6) is 0 Å². The van der Waals surface area contributed by atoms with Crippen molar-refractivity contribution in [1.82, 2.24) is 9.78 Å². The van der Waals surface area contributed by atoms with Gasteiger partial charge in [0.2, 0.25) is 0 Å². The number of nitrogens with zero attached hydrogens (tertiary/aromatic N) is 2. The van der Waals surface area contributed by atoms with Gasteiger partial charge in [0.1, 0.15) is 0 Å². The fraction of sp³-hybridized carbons (Fsp3) is 0.600. The van der Waals surface area contributed by atoms with Gasteiger partial charge in [0.15, 0.2) is 0 Å². The predicted molar refractivity (Wildman–Crippen MR) is 54.5 cm³/mol. The molecule has 1 aromatic heterocycles. The van der Waals surface area contributed by atoms with Crippen LogP contribution in [0.15, 0.2) is 12.4 Å². The van der Waals surface area contributed by atoms with Gasteiger partial charge in [0, 0.05) is 6.20 Å². The average Bonchev–Trinajstić information content (AvgIpc) is 2.68. The number of rotatable bonds is 2. The van der Waals surface area contributed by atoms with Crippen LogP contribution in [0.3, 0.4) is 0 Å². The summed E-state index contributed by atoms with van der Waals surface area (Å²) in [5, 5.41) is 3.75. The smallest absolute Gasteiger partial charge is 0.255 e. The van der Waals surface area contributed by atoms with Crippen LogP contribution in [0, 0.1) is 0 Å². The molecule has 1 heterocycles. The Balaban J connectivity index is 2.11. The molecule has 14 heavy (non-hydrogen) atoms. The van der Waals surface area contributed by atoms with Crippen molar-refractivity contribution in [2.24, 2.45) is 0 Å². The van der Waals surface area contributed by atoms with Crippen LogP contribution in [0.2, 0.25) is 0 Å². The molecule has 1 aliphatic rings. The van der Waals surface area contributed by atoms with Crippen LogP contribution in [0.1, 0.15) is 48.5 Å². The van der Waals surface area contributed by atoms with Gasteiger partial charge in [-0.2, -0.15) is 5.10 Å². The molecule has 0 bridgehead atoms. The largest absolute Gasteiger partial charge is 0.275 e. The van der Waals surface area contributed by atoms with E-state index < -0.39 is 5.24 Å². The van der Waals surface area contributed by atoms with E-state index in [0.717, 1.165) is 12.8 Å². The van der Waals surface area contributed by atoms with Gasteiger partial charge < -0.3 is 0 Å². The Kier molecular flexibility index (Phi) is 2.87. The normalized spacial score (nSPS) is 18.4. The molecule has 0 aromatic carbocycles. The van der Waals surface area contributed by atoms with Gasteiger partial charge in [0.25, 0.3) is 5.24 Å². The molecule has 0 radical (unpaired) electrons. The maximum atomic E-state index is 10.9. The van der Waals surface area contributed by atoms with Crippen LogP contribution in [-0.2, 0) is 0 Å². The molecule has 0 atom stereocenters. The highest BCUT2D eigenvalue weighted by Gasteiger charge is 2.16. The molecular formula is C10H13ClN2O. The van der Waals surface area contributed by atoms with E-state index in [0.29, 0.717) is 11.6 Å². The van der Waals surface area contributed by atoms with Crippen LogP contribution in [0.25, 0.3) is 0 Å². The Morgan fingerprint density at radius 1 is 1.43 bits per heavy atom. The second kappa shape index (κ2) is 4.13. The zero-order valence-electron chi connectivity index (χ0n) is 7.95. The average molecular weight is 213 g/mol. The van der Waals surface area contributed by atoms with E-state index in [1.807, 2.05) is 4.68 Å². The lowest BCUT2D eigenvalue weighted by molar-refractivity contribution is 0.108. The third-order valence-corrected chi connectivity index (χ3v) is 3.00. The zero-order valence-corrected chi connectivity index (χ0v) is 8.70. The lowest BCUT2D eigenvalue weighted by atomic mass is 9.96. The van der Waals surface area contributed by atoms with Crippen molar-refractivity contribution in [2.75, 3.05) is 0 Å². The molecule has 4 heteroatoms. The molecule has 1 fully saturated rings. The van der Waals surface area contributed by atoms with Gasteiger partial charge >= 0.3 is 0 Å². The lowest BCUT2D eigenvalue weighted by Gasteiger charge is -2.21. The molecule has 2 rings (SSSR count). The third-order valence-electron chi connectivity index (χ3n) is 2.78. The summed E-state index contributed by atoms with van der Waals surface area (Å²) in [5.41, 5.74) is 0.497. The Bertz CT molecular complexity index is 329. The van der Waals surface area contributed by atoms with Crippen LogP contribution in [-0.4, -0.2) is 15.0 Å². The van der Waals surface area contributed by atoms with Crippen LogP contribution < -0.4 is 0 Å². The molecular weight excluding hydrogens is 200 g/mol. The van der Waals surface area contributed by atoms with Crippen molar-refractivity contribution in [3.05, 3.63) is 18.0 Å². The number of hydrogen-bond donors (Lipinski definition) is 0. The lowest BCUT2D eigenvalue weighted by Crippen LogP contribution is -2.12. The number of halogens is 1. The number of carbonyl (C=O) groups excluding carboxylic acids is 1. The summed E-state index contributed by atoms with van der Waals surface area (Å²) in [7, 11) is 0. The molecule has 0 aliphatic heterocycles. The van der Waals surface area contributed by atoms with Crippen molar-refractivity contribution in [3.63, 3.8) is 0 Å². The molecule has 0 unspecified atom stereocenters. The third kappa shape index (κ3) is 1.98. The Morgan fingerprint density at radius 3 is 2.71 bits per heavy atom. The second-order valence-electron chi connectivity index (χ2n) is 3.77. The highest BCUT2D eigenvalue weighted by molar-refractivity contribution is 6.67. The summed E-state index contributed by atoms with van der Waals surface area (Å²) in [6.07, 6.45) is 9.47. The van der Waals surface area contributed by atoms with Crippen LogP contribution in [0.4, 0.5) is 0 Å². The Morgan fingerprint density at radius 2 is 2.14 bits per heavy atom. The molecule has 3 nitrogen and oxygen atoms in total. The SMILES string of the molecule is O=C(Cl)c1cnn(C2CCCCC2)c1. The fourth-order valence-corrected chi connectivity index (χ4v) is 2.08. The minimum atomic E-state index is -0.424. The summed E-state index contributed by atoms with van der Waals surface area (Å²) in [6.45, 7) is 0. The molecule has 1 saturated carbocycles. The van der Waals surface area contributed by atoms with E-state index in [-0.39, 0.29) is 0 Å². The molecule has 0 saturated heterocycles. The first-order chi connectivity index (χ1) is 6.77. The highest BCUT2D eigenvalue weighted by Crippen LogP contribution is 2.27. The fourth-order valence-electron chi connectivity index (χ4n) is 1.98. The van der Waals surface area contributed by atoms with Gasteiger partial charge in [-0.1, -0.05) is 19.3 Å². The van der Waals surface area contributed by atoms with Gasteiger partial charge in [-0.15, -0.1) is 0 Å². The second-order valence-corrected chi connectivity index (χ2v) is 4.12. The first-order valence-corrected chi connectivity index (χ1v) is 5.39. The number of carbonyl (C=O) groups is 1. The zero-order chi connectivity index (χ0) is 9.97. The summed E-state index contributed by atoms with van der Waals surface area (Å²) in [6, 6.07) is 0.466. The van der Waals surface area contributed by atoms with E-state index in [1.54, 1.807) is 12.4 Å². The van der Waals surface area contributed by atoms with E-state index >= 15 is 0 Å². The minimum Gasteiger partial charge on any atom is -0.275 e. The minimum absolute atomic E-state index is 0.424. The maximum absolute atomic E-state index is 10.9. The van der Waals surface area contributed by atoms with E-state index in [2.05, 4.69) is 5.10 Å². The number of aromatic nitrogens is 2. The Labute approximate surface area is 88.1 Å². The van der Waals surface area contributed by atoms with Crippen molar-refractivity contribution in [1.29, 1.82) is 0 Å². The van der Waals surface area contributed by atoms with Gasteiger partial charge in [-0.25, -0.2) is 0 Å². The van der Waals surface area contributed by atoms with Gasteiger partial charge in [-0.05, 0) is 24.4 Å². The van der Waals surface area contributed by atoms with Crippen molar-refractivity contribution < 1.29 is 4.79 Å². The summed E-state index contributed by atoms with van der Waals surface area (Å²) in [5.74, 6) is 0. The van der Waals surface area contributed by atoms with Gasteiger partial charge in [-0.3, -0.25) is 9.48 Å². The molecule has 0 amide bonds. The maximum Gasteiger partial charge on any atom is 0.255 e. The number of hydrogen-bond acceptors (Lipinski definition) is 2. The van der Waals surface area contributed by atoms with E-state index in [9.17, 15) is 4.79 Å². The first kappa shape index (κ1) is 9.71. The summed E-state index contributed by atoms with van der Waals surface area (Å²) >= 11 is 5.36. The summed E-state index contributed by atoms with van der Waals surface area (Å²) < 4.78 is 1.88. The highest BCUT2D eigenvalue weighted by atomic mass is 35.5. The first-order valence-electron chi connectivity index (χ1n) is 5.01. The monoisotopic (exact) mass is 212 g/mol. The van der Waals surface area contributed by atoms with Crippen LogP contribution >= 0.6 is 11.6 Å². The van der Waals surface area contributed by atoms with Crippen molar-refractivity contribution >= 4 is 16.8 Å². The standard InChI is InChI=1S/C10H13ClN2O/c11-10(14)8-6-12-13(7-8)9-4-2-1-3-5-9/h6-7,9H,1-5H2. The van der Waals surface area contributed by atoms with Gasteiger partial charge in [0.05, 0.1) is 17.8 Å². The topological polar surface area (TPSA) is 34.9 Å². The molecule has 0 N–H and O–H groups in total. The van der Waals surface area contributed by atoms with E-state index in [4.69, 9.17) is 11.6 Å². The van der Waals surface area contributed by atoms with E-state index in [1.165, 1.54) is 19.3 Å². The molecule has 1 aliphatic carbocycles. The molecule has 0 spiro atoms. The van der Waals surface area contributed by atoms with Crippen molar-refractivity contribution in [2.45, 2.75) is 38.1 Å². The van der Waals surface area contributed by atoms with Crippen molar-refractivity contribution in [3.8, 4) is 0 Å².